The number of rotatable bonds is 13. The molecule has 6 nitrogen and oxygen atoms in total. The molecule has 14 aromatic carbocycles. The van der Waals surface area contributed by atoms with Crippen LogP contribution in [-0.4, -0.2) is 44.8 Å². The summed E-state index contributed by atoms with van der Waals surface area (Å²) in [5.41, 5.74) is 10.5. The summed E-state index contributed by atoms with van der Waals surface area (Å²) < 4.78 is 7.09. The quantitative estimate of drug-likeness (QED) is 0.0854. The Balaban J connectivity index is 0.880. The highest BCUT2D eigenvalue weighted by Gasteiger charge is 2.43. The highest BCUT2D eigenvalue weighted by atomic mass is 28.3. The molecular weight excluding hydrogens is 1190 g/mol. The van der Waals surface area contributed by atoms with Crippen LogP contribution in [-0.2, 0) is 0 Å². The fourth-order valence-corrected chi connectivity index (χ4v) is 25.0. The summed E-state index contributed by atoms with van der Waals surface area (Å²) in [7, 11) is -5.73. The second-order valence-electron chi connectivity index (χ2n) is 24.6. The minimum atomic E-state index is -2.87. The fourth-order valence-electron chi connectivity index (χ4n) is 15.5. The normalized spacial score (nSPS) is 12.0. The van der Waals surface area contributed by atoms with Gasteiger partial charge in [0.05, 0.1) is 33.1 Å². The lowest BCUT2D eigenvalue weighted by molar-refractivity contribution is 0.953. The lowest BCUT2D eigenvalue weighted by Gasteiger charge is -2.34. The van der Waals surface area contributed by atoms with Crippen LogP contribution in [0.25, 0.3) is 106 Å². The first-order valence-electron chi connectivity index (χ1n) is 32.5. The van der Waals surface area contributed by atoms with Gasteiger partial charge in [-0.1, -0.05) is 303 Å². The molecule has 0 bridgehead atoms. The van der Waals surface area contributed by atoms with E-state index in [0.717, 1.165) is 66.4 Å². The summed E-state index contributed by atoms with van der Waals surface area (Å²) in [6, 6.07) is 134. The second-order valence-corrected chi connectivity index (χ2v) is 32.2. The van der Waals surface area contributed by atoms with Gasteiger partial charge in [-0.2, -0.15) is 9.97 Å². The lowest BCUT2D eigenvalue weighted by atomic mass is 10.1. The van der Waals surface area contributed by atoms with E-state index in [1.807, 2.05) is 0 Å². The van der Waals surface area contributed by atoms with Crippen molar-refractivity contribution in [2.24, 2.45) is 0 Å². The maximum absolute atomic E-state index is 5.67. The molecule has 0 aliphatic carbocycles. The van der Waals surface area contributed by atoms with Gasteiger partial charge < -0.3 is 9.13 Å². The minimum absolute atomic E-state index is 0.524. The SMILES string of the molecule is c1ccc([Si](c2ccccc2)(c2ccccc2)c2ccc(-c3nc(-c4ccc([Si](c5ccccc5)(c5ccccc5)c5ccccc5)cc4)nc(-n4c5ccc(-n6c7ccccc7c7ccccc76)cc5c5cc(-n6c7ccccc7c7ccccc76)ccc54)n3)cc2)cc1. The van der Waals surface area contributed by atoms with Crippen molar-refractivity contribution in [3.63, 3.8) is 0 Å². The highest BCUT2D eigenvalue weighted by Crippen LogP contribution is 2.40. The van der Waals surface area contributed by atoms with Crippen molar-refractivity contribution in [3.05, 3.63) is 364 Å². The summed E-state index contributed by atoms with van der Waals surface area (Å²) in [5, 5.41) is 17.4. The average Bonchev–Trinajstić information content (AvgIpc) is 1.71. The third-order valence-electron chi connectivity index (χ3n) is 19.6. The largest absolute Gasteiger partial charge is 0.309 e. The van der Waals surface area contributed by atoms with E-state index in [2.05, 4.69) is 378 Å². The van der Waals surface area contributed by atoms with Crippen LogP contribution in [0.2, 0.25) is 0 Å². The van der Waals surface area contributed by atoms with Crippen molar-refractivity contribution in [2.75, 3.05) is 0 Å². The molecule has 0 spiro atoms. The van der Waals surface area contributed by atoms with Crippen LogP contribution in [0.1, 0.15) is 0 Å². The Hall–Kier alpha value is -12.1. The molecule has 0 saturated heterocycles. The Bertz CT molecular complexity index is 5220. The topological polar surface area (TPSA) is 53.5 Å². The van der Waals surface area contributed by atoms with Gasteiger partial charge in [-0.25, -0.2) is 4.98 Å². The van der Waals surface area contributed by atoms with Gasteiger partial charge in [0.1, 0.15) is 0 Å². The molecule has 18 rings (SSSR count). The number of para-hydroxylation sites is 4. The van der Waals surface area contributed by atoms with Gasteiger partial charge in [0.2, 0.25) is 5.95 Å². The van der Waals surface area contributed by atoms with E-state index in [4.69, 9.17) is 15.0 Å². The molecule has 4 aromatic heterocycles. The number of nitrogens with zero attached hydrogens (tertiary/aromatic N) is 6. The third-order valence-corrected chi connectivity index (χ3v) is 29.2. The van der Waals surface area contributed by atoms with E-state index < -0.39 is 16.1 Å². The minimum Gasteiger partial charge on any atom is -0.309 e. The summed E-state index contributed by atoms with van der Waals surface area (Å²) in [6.07, 6.45) is 0. The first kappa shape index (κ1) is 55.7. The molecule has 0 atom stereocenters. The van der Waals surface area contributed by atoms with E-state index in [1.54, 1.807) is 0 Å². The zero-order chi connectivity index (χ0) is 62.9. The van der Waals surface area contributed by atoms with E-state index in [0.29, 0.717) is 17.6 Å². The molecule has 0 fully saturated rings. The molecule has 0 radical (unpaired) electrons. The van der Waals surface area contributed by atoms with Gasteiger partial charge in [0.15, 0.2) is 27.8 Å². The molecule has 0 unspecified atom stereocenters. The molecule has 4 heterocycles. The first-order chi connectivity index (χ1) is 47.1. The Kier molecular flexibility index (Phi) is 13.5. The Morgan fingerprint density at radius 3 is 0.716 bits per heavy atom. The highest BCUT2D eigenvalue weighted by molar-refractivity contribution is 7.20. The van der Waals surface area contributed by atoms with E-state index >= 15 is 0 Å². The molecule has 0 aliphatic heterocycles. The summed E-state index contributed by atoms with van der Waals surface area (Å²) in [6.45, 7) is 0. The van der Waals surface area contributed by atoms with E-state index in [-0.39, 0.29) is 0 Å². The molecule has 0 saturated carbocycles. The first-order valence-corrected chi connectivity index (χ1v) is 36.5. The average molecular weight is 1250 g/mol. The Labute approximate surface area is 552 Å². The molecule has 95 heavy (non-hydrogen) atoms. The molecule has 18 aromatic rings. The van der Waals surface area contributed by atoms with Crippen molar-refractivity contribution < 1.29 is 0 Å². The summed E-state index contributed by atoms with van der Waals surface area (Å²) in [4.78, 5) is 16.9. The van der Waals surface area contributed by atoms with E-state index in [9.17, 15) is 0 Å². The van der Waals surface area contributed by atoms with Gasteiger partial charge in [0, 0.05) is 54.8 Å². The van der Waals surface area contributed by atoms with Crippen molar-refractivity contribution >= 4 is 123 Å². The van der Waals surface area contributed by atoms with Crippen molar-refractivity contribution in [1.29, 1.82) is 0 Å². The zero-order valence-electron chi connectivity index (χ0n) is 51.8. The van der Waals surface area contributed by atoms with Crippen molar-refractivity contribution in [2.45, 2.75) is 0 Å². The number of benzene rings is 14. The summed E-state index contributed by atoms with van der Waals surface area (Å²) in [5.74, 6) is 1.68. The molecule has 446 valence electrons. The molecular formula is C87H60N6Si2. The van der Waals surface area contributed by atoms with E-state index in [1.165, 1.54) is 63.0 Å². The third kappa shape index (κ3) is 8.94. The zero-order valence-corrected chi connectivity index (χ0v) is 53.8. The van der Waals surface area contributed by atoms with Crippen molar-refractivity contribution in [3.8, 4) is 40.1 Å². The fraction of sp³-hybridized carbons (Fsp3) is 0. The lowest BCUT2D eigenvalue weighted by Crippen LogP contribution is -2.74. The number of hydrogen-bond donors (Lipinski definition) is 0. The van der Waals surface area contributed by atoms with Gasteiger partial charge >= 0.3 is 0 Å². The van der Waals surface area contributed by atoms with Crippen LogP contribution in [0.5, 0.6) is 0 Å². The molecule has 8 heteroatoms. The standard InChI is InChI=1S/C87H60N6Si2/c1-7-27-65(28-8-1)94(66-29-9-2-10-30-66,67-31-11-3-12-32-67)71-53-47-61(48-54-71)85-88-86(62-49-55-72(56-50-62)95(68-33-13-4-14-34-68,69-35-15-5-16-36-69)70-37-17-6-18-38-70)90-87(89-85)93-83-57-51-63(91-79-43-23-19-39-73(79)74-40-20-24-44-80(74)91)59-77(83)78-60-64(52-58-84(78)93)92-81-45-25-21-41-75(81)76-42-22-26-46-82(76)92/h1-60H. The van der Waals surface area contributed by atoms with Gasteiger partial charge in [-0.05, 0) is 102 Å². The van der Waals surface area contributed by atoms with Crippen LogP contribution >= 0.6 is 0 Å². The number of fused-ring (bicyclic) bond motifs is 9. The van der Waals surface area contributed by atoms with Crippen LogP contribution in [0.3, 0.4) is 0 Å². The Morgan fingerprint density at radius 1 is 0.189 bits per heavy atom. The van der Waals surface area contributed by atoms with Gasteiger partial charge in [-0.3, -0.25) is 4.57 Å². The molecule has 0 N–H and O–H groups in total. The van der Waals surface area contributed by atoms with Gasteiger partial charge in [0.25, 0.3) is 0 Å². The number of hydrogen-bond acceptors (Lipinski definition) is 3. The van der Waals surface area contributed by atoms with Crippen molar-refractivity contribution in [1.82, 2.24) is 28.7 Å². The second kappa shape index (κ2) is 22.9. The predicted molar refractivity (Wildman–Crippen MR) is 401 cm³/mol. The van der Waals surface area contributed by atoms with Crippen LogP contribution in [0.4, 0.5) is 0 Å². The van der Waals surface area contributed by atoms with Crippen LogP contribution < -0.4 is 41.5 Å². The molecule has 0 amide bonds. The monoisotopic (exact) mass is 1240 g/mol. The van der Waals surface area contributed by atoms with Crippen LogP contribution in [0, 0.1) is 0 Å². The smallest absolute Gasteiger partial charge is 0.238 e. The summed E-state index contributed by atoms with van der Waals surface area (Å²) >= 11 is 0. The molecule has 0 aliphatic rings. The Morgan fingerprint density at radius 2 is 0.432 bits per heavy atom. The predicted octanol–water partition coefficient (Wildman–Crippen LogP) is 15.3. The maximum Gasteiger partial charge on any atom is 0.238 e. The van der Waals surface area contributed by atoms with Crippen LogP contribution in [0.15, 0.2) is 364 Å². The van der Waals surface area contributed by atoms with Gasteiger partial charge in [-0.15, -0.1) is 0 Å². The number of aromatic nitrogens is 6. The maximum atomic E-state index is 5.67.